The maximum atomic E-state index is 14.6. The highest BCUT2D eigenvalue weighted by Crippen LogP contribution is 2.23. The summed E-state index contributed by atoms with van der Waals surface area (Å²) in [5.74, 6) is -0.237. The van der Waals surface area contributed by atoms with Gasteiger partial charge in [-0.1, -0.05) is 50.2 Å². The molecule has 0 aliphatic rings. The SMILES string of the molecule is CC(C)C[C@@H](Cn1ccnc1)NC(=O)c1ccc(-c2ccccc2)c(F)c1. The lowest BCUT2D eigenvalue weighted by Crippen LogP contribution is -2.38. The van der Waals surface area contributed by atoms with E-state index in [0.29, 0.717) is 23.6 Å². The second-order valence-corrected chi connectivity index (χ2v) is 7.12. The van der Waals surface area contributed by atoms with Crippen LogP contribution >= 0.6 is 0 Å². The summed E-state index contributed by atoms with van der Waals surface area (Å²) >= 11 is 0. The van der Waals surface area contributed by atoms with E-state index in [9.17, 15) is 9.18 Å². The Labute approximate surface area is 159 Å². The van der Waals surface area contributed by atoms with Gasteiger partial charge < -0.3 is 9.88 Å². The van der Waals surface area contributed by atoms with Gasteiger partial charge in [-0.3, -0.25) is 4.79 Å². The van der Waals surface area contributed by atoms with Crippen LogP contribution in [0.1, 0.15) is 30.6 Å². The summed E-state index contributed by atoms with van der Waals surface area (Å²) in [4.78, 5) is 16.7. The lowest BCUT2D eigenvalue weighted by Gasteiger charge is -2.21. The van der Waals surface area contributed by atoms with Gasteiger partial charge in [0.15, 0.2) is 0 Å². The summed E-state index contributed by atoms with van der Waals surface area (Å²) in [6, 6.07) is 13.9. The van der Waals surface area contributed by atoms with Gasteiger partial charge in [-0.25, -0.2) is 9.37 Å². The molecule has 3 aromatic rings. The Morgan fingerprint density at radius 3 is 2.59 bits per heavy atom. The number of nitrogens with zero attached hydrogens (tertiary/aromatic N) is 2. The smallest absolute Gasteiger partial charge is 0.251 e. The first-order valence-electron chi connectivity index (χ1n) is 9.14. The predicted molar refractivity (Wildman–Crippen MR) is 105 cm³/mol. The van der Waals surface area contributed by atoms with Crippen LogP contribution in [0.25, 0.3) is 11.1 Å². The number of hydrogen-bond donors (Lipinski definition) is 1. The van der Waals surface area contributed by atoms with Crippen molar-refractivity contribution in [2.45, 2.75) is 32.9 Å². The van der Waals surface area contributed by atoms with E-state index in [0.717, 1.165) is 12.0 Å². The average molecular weight is 365 g/mol. The number of halogens is 1. The first-order chi connectivity index (χ1) is 13.0. The topological polar surface area (TPSA) is 46.9 Å². The van der Waals surface area contributed by atoms with Crippen LogP contribution in [0.5, 0.6) is 0 Å². The van der Waals surface area contributed by atoms with Gasteiger partial charge in [-0.05, 0) is 30.0 Å². The van der Waals surface area contributed by atoms with E-state index < -0.39 is 5.82 Å². The minimum absolute atomic E-state index is 0.0523. The zero-order chi connectivity index (χ0) is 19.2. The predicted octanol–water partition coefficient (Wildman–Crippen LogP) is 4.53. The maximum absolute atomic E-state index is 14.6. The summed E-state index contributed by atoms with van der Waals surface area (Å²) in [6.07, 6.45) is 6.14. The molecule has 1 amide bonds. The van der Waals surface area contributed by atoms with Crippen LogP contribution in [0.2, 0.25) is 0 Å². The average Bonchev–Trinajstić information content (AvgIpc) is 3.14. The first kappa shape index (κ1) is 18.8. The molecule has 0 radical (unpaired) electrons. The fourth-order valence-corrected chi connectivity index (χ4v) is 3.17. The summed E-state index contributed by atoms with van der Waals surface area (Å²) in [5.41, 5.74) is 1.61. The molecule has 2 aromatic carbocycles. The minimum Gasteiger partial charge on any atom is -0.347 e. The number of hydrogen-bond acceptors (Lipinski definition) is 2. The molecule has 0 spiro atoms. The van der Waals surface area contributed by atoms with Gasteiger partial charge in [-0.15, -0.1) is 0 Å². The second-order valence-electron chi connectivity index (χ2n) is 7.12. The van der Waals surface area contributed by atoms with Crippen molar-refractivity contribution < 1.29 is 9.18 Å². The Morgan fingerprint density at radius 1 is 1.19 bits per heavy atom. The monoisotopic (exact) mass is 365 g/mol. The molecule has 1 atom stereocenters. The molecular weight excluding hydrogens is 341 g/mol. The Kier molecular flexibility index (Phi) is 6.01. The molecule has 5 heteroatoms. The third-order valence-electron chi connectivity index (χ3n) is 4.40. The third kappa shape index (κ3) is 5.03. The van der Waals surface area contributed by atoms with E-state index in [1.54, 1.807) is 24.7 Å². The van der Waals surface area contributed by atoms with Crippen LogP contribution < -0.4 is 5.32 Å². The Bertz CT molecular complexity index is 876. The van der Waals surface area contributed by atoms with Gasteiger partial charge in [0.25, 0.3) is 5.91 Å². The molecule has 0 aliphatic heterocycles. The van der Waals surface area contributed by atoms with Crippen molar-refractivity contribution in [3.63, 3.8) is 0 Å². The minimum atomic E-state index is -0.399. The summed E-state index contributed by atoms with van der Waals surface area (Å²) in [6.45, 7) is 4.86. The van der Waals surface area contributed by atoms with Crippen molar-refractivity contribution >= 4 is 5.91 Å². The molecular formula is C22H24FN3O. The second kappa shape index (κ2) is 8.62. The molecule has 27 heavy (non-hydrogen) atoms. The van der Waals surface area contributed by atoms with Crippen LogP contribution in [-0.4, -0.2) is 21.5 Å². The summed E-state index contributed by atoms with van der Waals surface area (Å²) in [5, 5.41) is 3.04. The highest BCUT2D eigenvalue weighted by molar-refractivity contribution is 5.95. The molecule has 0 saturated heterocycles. The molecule has 0 aliphatic carbocycles. The largest absolute Gasteiger partial charge is 0.347 e. The molecule has 140 valence electrons. The van der Waals surface area contributed by atoms with E-state index >= 15 is 0 Å². The quantitative estimate of drug-likeness (QED) is 0.668. The highest BCUT2D eigenvalue weighted by atomic mass is 19.1. The molecule has 0 fully saturated rings. The van der Waals surface area contributed by atoms with Gasteiger partial charge in [-0.2, -0.15) is 0 Å². The summed E-state index contributed by atoms with van der Waals surface area (Å²) in [7, 11) is 0. The lowest BCUT2D eigenvalue weighted by atomic mass is 10.0. The molecule has 1 heterocycles. The van der Waals surface area contributed by atoms with Crippen LogP contribution in [0.4, 0.5) is 4.39 Å². The Balaban J connectivity index is 1.74. The number of amides is 1. The van der Waals surface area contributed by atoms with E-state index in [-0.39, 0.29) is 11.9 Å². The fraction of sp³-hybridized carbons (Fsp3) is 0.273. The van der Waals surface area contributed by atoms with E-state index in [2.05, 4.69) is 24.1 Å². The van der Waals surface area contributed by atoms with Gasteiger partial charge in [0.1, 0.15) is 5.82 Å². The summed E-state index contributed by atoms with van der Waals surface area (Å²) < 4.78 is 16.5. The number of carbonyl (C=O) groups is 1. The third-order valence-corrected chi connectivity index (χ3v) is 4.40. The van der Waals surface area contributed by atoms with Crippen molar-refractivity contribution in [1.29, 1.82) is 0 Å². The normalized spacial score (nSPS) is 12.1. The number of benzene rings is 2. The van der Waals surface area contributed by atoms with Crippen molar-refractivity contribution in [2.75, 3.05) is 0 Å². The van der Waals surface area contributed by atoms with Crippen molar-refractivity contribution in [2.24, 2.45) is 5.92 Å². The number of aromatic nitrogens is 2. The van der Waals surface area contributed by atoms with Crippen LogP contribution in [0, 0.1) is 11.7 Å². The van der Waals surface area contributed by atoms with Crippen molar-refractivity contribution in [1.82, 2.24) is 14.9 Å². The zero-order valence-corrected chi connectivity index (χ0v) is 15.6. The molecule has 4 nitrogen and oxygen atoms in total. The zero-order valence-electron chi connectivity index (χ0n) is 15.6. The van der Waals surface area contributed by atoms with Gasteiger partial charge in [0, 0.05) is 36.1 Å². The fourth-order valence-electron chi connectivity index (χ4n) is 3.17. The first-order valence-corrected chi connectivity index (χ1v) is 9.14. The molecule has 0 bridgehead atoms. The van der Waals surface area contributed by atoms with E-state index in [1.165, 1.54) is 6.07 Å². The lowest BCUT2D eigenvalue weighted by molar-refractivity contribution is 0.0927. The van der Waals surface area contributed by atoms with E-state index in [4.69, 9.17) is 0 Å². The molecule has 1 aromatic heterocycles. The Morgan fingerprint density at radius 2 is 1.96 bits per heavy atom. The van der Waals surface area contributed by atoms with Gasteiger partial charge in [0.2, 0.25) is 0 Å². The number of rotatable bonds is 7. The van der Waals surface area contributed by atoms with Crippen LogP contribution in [0.15, 0.2) is 67.3 Å². The van der Waals surface area contributed by atoms with Gasteiger partial charge >= 0.3 is 0 Å². The number of carbonyl (C=O) groups excluding carboxylic acids is 1. The molecule has 0 unspecified atom stereocenters. The highest BCUT2D eigenvalue weighted by Gasteiger charge is 2.17. The van der Waals surface area contributed by atoms with Crippen molar-refractivity contribution in [3.8, 4) is 11.1 Å². The molecule has 0 saturated carbocycles. The number of nitrogens with one attached hydrogen (secondary N) is 1. The number of imidazole rings is 1. The Hall–Kier alpha value is -2.95. The van der Waals surface area contributed by atoms with E-state index in [1.807, 2.05) is 41.1 Å². The van der Waals surface area contributed by atoms with Crippen LogP contribution in [0.3, 0.4) is 0 Å². The molecule has 1 N–H and O–H groups in total. The van der Waals surface area contributed by atoms with Crippen LogP contribution in [-0.2, 0) is 6.54 Å². The van der Waals surface area contributed by atoms with Crippen molar-refractivity contribution in [3.05, 3.63) is 78.6 Å². The standard InChI is InChI=1S/C22H24FN3O/c1-16(2)12-19(14-26-11-10-24-15-26)25-22(27)18-8-9-20(21(23)13-18)17-6-4-3-5-7-17/h3-11,13,15-16,19H,12,14H2,1-2H3,(H,25,27)/t19-/m0/s1. The van der Waals surface area contributed by atoms with Gasteiger partial charge in [0.05, 0.1) is 6.33 Å². The maximum Gasteiger partial charge on any atom is 0.251 e. The molecule has 3 rings (SSSR count).